The van der Waals surface area contributed by atoms with Crippen molar-refractivity contribution in [3.8, 4) is 0 Å². The van der Waals surface area contributed by atoms with E-state index in [9.17, 15) is 29.1 Å². The number of ketones is 1. The van der Waals surface area contributed by atoms with Crippen LogP contribution >= 0.6 is 23.1 Å². The first-order valence-electron chi connectivity index (χ1n) is 9.52. The summed E-state index contributed by atoms with van der Waals surface area (Å²) in [6, 6.07) is -0.910. The molecule has 1 aromatic heterocycles. The van der Waals surface area contributed by atoms with Crippen LogP contribution in [0.4, 0.5) is 5.13 Å². The van der Waals surface area contributed by atoms with Gasteiger partial charge in [-0.2, -0.15) is 0 Å². The molecule has 4 N–H and O–H groups in total. The smallest absolute Gasteiger partial charge is 0.315 e. The van der Waals surface area contributed by atoms with Crippen LogP contribution in [0.2, 0.25) is 0 Å². The molecule has 13 nitrogen and oxygen atoms in total. The molecule has 0 radical (unpaired) electrons. The number of carbonyl (C=O) groups excluding carboxylic acids is 4. The van der Waals surface area contributed by atoms with Crippen LogP contribution in [-0.2, 0) is 33.5 Å². The predicted molar refractivity (Wildman–Crippen MR) is 116 cm³/mol. The fraction of sp³-hybridized carbons (Fsp3) is 0.500. The molecule has 1 aromatic rings. The van der Waals surface area contributed by atoms with Crippen LogP contribution < -0.4 is 11.1 Å². The maximum atomic E-state index is 12.7. The van der Waals surface area contributed by atoms with Crippen LogP contribution in [0.25, 0.3) is 0 Å². The Morgan fingerprint density at radius 1 is 1.42 bits per heavy atom. The number of oxime groups is 1. The number of hydrogen-bond donors (Lipinski definition) is 3. The topological polar surface area (TPSA) is 191 Å². The molecular formula is C18H21N5O8S2. The number of hydrogen-bond acceptors (Lipinski definition) is 12. The van der Waals surface area contributed by atoms with Gasteiger partial charge in [0.1, 0.15) is 48.4 Å². The number of aliphatic carboxylic acids is 1. The fourth-order valence-electron chi connectivity index (χ4n) is 3.28. The normalized spacial score (nSPS) is 24.4. The molecule has 0 aromatic carbocycles. The van der Waals surface area contributed by atoms with Crippen molar-refractivity contribution >= 4 is 63.5 Å². The molecule has 3 atom stereocenters. The van der Waals surface area contributed by atoms with E-state index in [4.69, 9.17) is 15.3 Å². The average molecular weight is 500 g/mol. The van der Waals surface area contributed by atoms with E-state index in [-0.39, 0.29) is 28.8 Å². The number of fused-ring (bicyclic) bond motifs is 1. The van der Waals surface area contributed by atoms with Gasteiger partial charge in [-0.25, -0.2) is 4.98 Å². The Bertz CT molecular complexity index is 1030. The van der Waals surface area contributed by atoms with Gasteiger partial charge >= 0.3 is 11.9 Å². The van der Waals surface area contributed by atoms with E-state index in [1.54, 1.807) is 0 Å². The van der Waals surface area contributed by atoms with Crippen LogP contribution in [0.1, 0.15) is 19.0 Å². The molecule has 0 bridgehead atoms. The van der Waals surface area contributed by atoms with Crippen LogP contribution in [-0.4, -0.2) is 87.7 Å². The standard InChI is InChI=1S/C18H21N5O8S2/c1-8(24)3-10(25)31-6-18(16(28)29)5-23-14(27)12(15(23)33-7-18)21-13(26)11(22-30-2)9-4-32-17(19)20-9/h4,12,15H,3,5-7H2,1-2H3,(H2,19,20)(H,21,26)(H,28,29)/t12?,15-,18?/m1/s1. The number of carboxylic acid groups (broad SMARTS) is 1. The van der Waals surface area contributed by atoms with Crippen LogP contribution in [0.15, 0.2) is 10.5 Å². The van der Waals surface area contributed by atoms with Gasteiger partial charge in [0.15, 0.2) is 10.8 Å². The Morgan fingerprint density at radius 3 is 2.73 bits per heavy atom. The van der Waals surface area contributed by atoms with Crippen molar-refractivity contribution in [2.45, 2.75) is 24.8 Å². The van der Waals surface area contributed by atoms with E-state index in [2.05, 4.69) is 15.5 Å². The maximum absolute atomic E-state index is 12.7. The summed E-state index contributed by atoms with van der Waals surface area (Å²) in [6.45, 7) is 0.527. The highest BCUT2D eigenvalue weighted by molar-refractivity contribution is 8.00. The number of carbonyl (C=O) groups is 5. The number of amides is 2. The number of rotatable bonds is 9. The van der Waals surface area contributed by atoms with Crippen molar-refractivity contribution in [2.75, 3.05) is 31.7 Å². The monoisotopic (exact) mass is 499 g/mol. The van der Waals surface area contributed by atoms with E-state index >= 15 is 0 Å². The molecule has 178 valence electrons. The molecule has 0 spiro atoms. The third-order valence-corrected chi connectivity index (χ3v) is 7.21. The minimum atomic E-state index is -1.53. The zero-order chi connectivity index (χ0) is 24.3. The van der Waals surface area contributed by atoms with Crippen molar-refractivity contribution in [3.05, 3.63) is 11.1 Å². The number of β-lactam (4-membered cyclic amide) rings is 1. The summed E-state index contributed by atoms with van der Waals surface area (Å²) in [5.74, 6) is -3.64. The number of nitrogen functional groups attached to an aromatic ring is 1. The summed E-state index contributed by atoms with van der Waals surface area (Å²) < 4.78 is 4.99. The number of thioether (sulfide) groups is 1. The van der Waals surface area contributed by atoms with E-state index in [1.165, 1.54) is 24.3 Å². The molecule has 15 heteroatoms. The molecule has 2 saturated heterocycles. The van der Waals surface area contributed by atoms with Crippen LogP contribution in [0.3, 0.4) is 0 Å². The molecule has 33 heavy (non-hydrogen) atoms. The molecule has 2 fully saturated rings. The maximum Gasteiger partial charge on any atom is 0.315 e. The molecule has 3 heterocycles. The SMILES string of the molecule is CON=C(C(=O)NC1C(=O)N2CC(COC(=O)CC(C)=O)(C(=O)O)CS[C@H]12)c1csc(N)n1. The summed E-state index contributed by atoms with van der Waals surface area (Å²) in [6.07, 6.45) is -0.460. The third-order valence-electron chi connectivity index (χ3n) is 4.95. The van der Waals surface area contributed by atoms with Gasteiger partial charge in [-0.1, -0.05) is 5.16 Å². The second-order valence-electron chi connectivity index (χ2n) is 7.44. The van der Waals surface area contributed by atoms with Gasteiger partial charge in [0.2, 0.25) is 5.91 Å². The lowest BCUT2D eigenvalue weighted by Gasteiger charge is -2.53. The number of anilines is 1. The third kappa shape index (κ3) is 5.08. The summed E-state index contributed by atoms with van der Waals surface area (Å²) in [5.41, 5.74) is 4.10. The lowest BCUT2D eigenvalue weighted by Crippen LogP contribution is -2.74. The van der Waals surface area contributed by atoms with E-state index in [1.807, 2.05) is 0 Å². The van der Waals surface area contributed by atoms with E-state index < -0.39 is 59.4 Å². The van der Waals surface area contributed by atoms with E-state index in [0.717, 1.165) is 23.1 Å². The number of esters is 1. The Balaban J connectivity index is 1.66. The first-order chi connectivity index (χ1) is 15.6. The summed E-state index contributed by atoms with van der Waals surface area (Å²) in [7, 11) is 1.25. The van der Waals surface area contributed by atoms with Gasteiger partial charge in [-0.3, -0.25) is 24.0 Å². The average Bonchev–Trinajstić information content (AvgIpc) is 3.19. The van der Waals surface area contributed by atoms with Crippen molar-refractivity contribution in [2.24, 2.45) is 10.6 Å². The number of aromatic nitrogens is 1. The number of thiazole rings is 1. The fourth-order valence-corrected chi connectivity index (χ4v) is 5.35. The lowest BCUT2D eigenvalue weighted by atomic mass is 9.88. The number of ether oxygens (including phenoxy) is 1. The second kappa shape index (κ2) is 9.74. The largest absolute Gasteiger partial charge is 0.481 e. The number of nitrogens with one attached hydrogen (secondary N) is 1. The summed E-state index contributed by atoms with van der Waals surface area (Å²) in [5, 5.41) is 17.2. The van der Waals surface area contributed by atoms with Gasteiger partial charge in [0.25, 0.3) is 5.91 Å². The molecule has 2 aliphatic heterocycles. The highest BCUT2D eigenvalue weighted by Gasteiger charge is 2.58. The minimum Gasteiger partial charge on any atom is -0.481 e. The Morgan fingerprint density at radius 2 is 2.15 bits per heavy atom. The van der Waals surface area contributed by atoms with Crippen LogP contribution in [0, 0.1) is 5.41 Å². The van der Waals surface area contributed by atoms with Crippen molar-refractivity contribution in [1.29, 1.82) is 0 Å². The molecule has 3 rings (SSSR count). The number of nitrogens with zero attached hydrogens (tertiary/aromatic N) is 3. The zero-order valence-electron chi connectivity index (χ0n) is 17.6. The highest BCUT2D eigenvalue weighted by Crippen LogP contribution is 2.42. The minimum absolute atomic E-state index is 0.0259. The quantitative estimate of drug-likeness (QED) is 0.125. The van der Waals surface area contributed by atoms with Crippen molar-refractivity contribution < 1.29 is 38.7 Å². The Hall–Kier alpha value is -3.20. The predicted octanol–water partition coefficient (Wildman–Crippen LogP) is -0.931. The highest BCUT2D eigenvalue weighted by atomic mass is 32.2. The Kier molecular flexibility index (Phi) is 7.22. The zero-order valence-corrected chi connectivity index (χ0v) is 19.2. The summed E-state index contributed by atoms with van der Waals surface area (Å²) in [4.78, 5) is 70.1. The first kappa shape index (κ1) is 24.4. The number of carboxylic acids is 1. The number of Topliss-reactive ketones (excluding diaryl/α,β-unsaturated/α-hetero) is 1. The Labute approximate surface area is 195 Å². The molecule has 2 amide bonds. The lowest BCUT2D eigenvalue weighted by molar-refractivity contribution is -0.165. The first-order valence-corrected chi connectivity index (χ1v) is 11.4. The number of nitrogens with two attached hydrogens (primary N) is 1. The van der Waals surface area contributed by atoms with Gasteiger partial charge in [-0.05, 0) is 6.92 Å². The molecular weight excluding hydrogens is 478 g/mol. The molecule has 0 saturated carbocycles. The van der Waals surface area contributed by atoms with E-state index in [0.29, 0.717) is 0 Å². The molecule has 2 unspecified atom stereocenters. The summed E-state index contributed by atoms with van der Waals surface area (Å²) >= 11 is 2.25. The molecule has 2 aliphatic rings. The van der Waals surface area contributed by atoms with Crippen molar-refractivity contribution in [3.63, 3.8) is 0 Å². The van der Waals surface area contributed by atoms with Gasteiger partial charge < -0.3 is 30.6 Å². The molecule has 0 aliphatic carbocycles. The van der Waals surface area contributed by atoms with Crippen LogP contribution in [0.5, 0.6) is 0 Å². The van der Waals surface area contributed by atoms with Gasteiger partial charge in [0.05, 0.1) is 0 Å². The van der Waals surface area contributed by atoms with Crippen molar-refractivity contribution in [1.82, 2.24) is 15.2 Å². The van der Waals surface area contributed by atoms with Gasteiger partial charge in [0, 0.05) is 17.7 Å². The van der Waals surface area contributed by atoms with Gasteiger partial charge in [-0.15, -0.1) is 23.1 Å². The second-order valence-corrected chi connectivity index (χ2v) is 9.43.